The lowest BCUT2D eigenvalue weighted by atomic mass is 9.97. The molecule has 1 aliphatic rings. The average molecular weight is 290 g/mol. The molecule has 0 bridgehead atoms. The molecule has 1 aromatic carbocycles. The number of hydrogen-bond acceptors (Lipinski definition) is 3. The van der Waals surface area contributed by atoms with Crippen molar-refractivity contribution in [2.24, 2.45) is 0 Å². The number of hydrogen-bond donors (Lipinski definition) is 1. The van der Waals surface area contributed by atoms with Crippen molar-refractivity contribution in [3.05, 3.63) is 35.9 Å². The van der Waals surface area contributed by atoms with Crippen LogP contribution in [-0.2, 0) is 4.74 Å². The summed E-state index contributed by atoms with van der Waals surface area (Å²) in [5.41, 5.74) is 1.37. The summed E-state index contributed by atoms with van der Waals surface area (Å²) >= 11 is 0. The van der Waals surface area contributed by atoms with Gasteiger partial charge in [0.2, 0.25) is 0 Å². The van der Waals surface area contributed by atoms with Gasteiger partial charge in [-0.15, -0.1) is 0 Å². The van der Waals surface area contributed by atoms with Crippen molar-refractivity contribution in [3.8, 4) is 0 Å². The van der Waals surface area contributed by atoms with E-state index in [4.69, 9.17) is 4.74 Å². The summed E-state index contributed by atoms with van der Waals surface area (Å²) in [7, 11) is 2.24. The third-order valence-corrected chi connectivity index (χ3v) is 4.76. The van der Waals surface area contributed by atoms with Gasteiger partial charge in [0, 0.05) is 24.7 Å². The van der Waals surface area contributed by atoms with Crippen LogP contribution in [0, 0.1) is 0 Å². The number of likely N-dealkylation sites (N-methyl/N-ethyl adjacent to an activating group) is 1. The van der Waals surface area contributed by atoms with Crippen LogP contribution in [0.5, 0.6) is 0 Å². The molecule has 2 rings (SSSR count). The van der Waals surface area contributed by atoms with Crippen LogP contribution < -0.4 is 5.32 Å². The third-order valence-electron chi connectivity index (χ3n) is 4.76. The van der Waals surface area contributed by atoms with E-state index < -0.39 is 0 Å². The molecule has 0 radical (unpaired) electrons. The van der Waals surface area contributed by atoms with Crippen molar-refractivity contribution in [1.29, 1.82) is 0 Å². The molecule has 4 atom stereocenters. The fourth-order valence-electron chi connectivity index (χ4n) is 3.32. The van der Waals surface area contributed by atoms with Gasteiger partial charge in [-0.25, -0.2) is 0 Å². The SMILES string of the molecule is CCCNC(c1ccccc1)C(C)N(C)C1CCOC1C. The van der Waals surface area contributed by atoms with Crippen molar-refractivity contribution in [2.45, 2.75) is 57.8 Å². The van der Waals surface area contributed by atoms with Crippen molar-refractivity contribution in [2.75, 3.05) is 20.2 Å². The first-order chi connectivity index (χ1) is 10.1. The summed E-state index contributed by atoms with van der Waals surface area (Å²) in [6.45, 7) is 8.68. The number of nitrogens with one attached hydrogen (secondary N) is 1. The molecule has 1 saturated heterocycles. The molecule has 0 amide bonds. The molecule has 0 aliphatic carbocycles. The molecule has 21 heavy (non-hydrogen) atoms. The highest BCUT2D eigenvalue weighted by atomic mass is 16.5. The minimum Gasteiger partial charge on any atom is -0.377 e. The van der Waals surface area contributed by atoms with Crippen LogP contribution in [0.4, 0.5) is 0 Å². The zero-order chi connectivity index (χ0) is 15.2. The Balaban J connectivity index is 2.11. The quantitative estimate of drug-likeness (QED) is 0.834. The van der Waals surface area contributed by atoms with E-state index >= 15 is 0 Å². The number of rotatable bonds is 7. The third kappa shape index (κ3) is 4.06. The Morgan fingerprint density at radius 3 is 2.62 bits per heavy atom. The van der Waals surface area contributed by atoms with Crippen LogP contribution in [0.15, 0.2) is 30.3 Å². The van der Waals surface area contributed by atoms with Gasteiger partial charge in [0.15, 0.2) is 0 Å². The number of ether oxygens (including phenoxy) is 1. The molecule has 3 heteroatoms. The second-order valence-corrected chi connectivity index (χ2v) is 6.18. The summed E-state index contributed by atoms with van der Waals surface area (Å²) in [4.78, 5) is 2.50. The Bertz CT molecular complexity index is 409. The zero-order valence-electron chi connectivity index (χ0n) is 13.9. The van der Waals surface area contributed by atoms with Crippen LogP contribution >= 0.6 is 0 Å². The molecule has 1 heterocycles. The van der Waals surface area contributed by atoms with Crippen molar-refractivity contribution in [1.82, 2.24) is 10.2 Å². The maximum atomic E-state index is 5.74. The normalized spacial score (nSPS) is 25.2. The molecular formula is C18H30N2O. The van der Waals surface area contributed by atoms with E-state index in [9.17, 15) is 0 Å². The van der Waals surface area contributed by atoms with Crippen LogP contribution in [0.25, 0.3) is 0 Å². The predicted octanol–water partition coefficient (Wildman–Crippen LogP) is 3.23. The highest BCUT2D eigenvalue weighted by molar-refractivity contribution is 5.20. The van der Waals surface area contributed by atoms with Gasteiger partial charge < -0.3 is 10.1 Å². The molecule has 1 aromatic rings. The second kappa shape index (κ2) is 7.92. The minimum atomic E-state index is 0.333. The first-order valence-electron chi connectivity index (χ1n) is 8.27. The van der Waals surface area contributed by atoms with Crippen LogP contribution in [0.2, 0.25) is 0 Å². The molecule has 4 unspecified atom stereocenters. The van der Waals surface area contributed by atoms with Gasteiger partial charge in [-0.1, -0.05) is 37.3 Å². The first kappa shape index (κ1) is 16.5. The highest BCUT2D eigenvalue weighted by Gasteiger charge is 2.33. The Morgan fingerprint density at radius 2 is 2.05 bits per heavy atom. The smallest absolute Gasteiger partial charge is 0.0703 e. The highest BCUT2D eigenvalue weighted by Crippen LogP contribution is 2.26. The molecule has 3 nitrogen and oxygen atoms in total. The lowest BCUT2D eigenvalue weighted by molar-refractivity contribution is 0.0622. The monoisotopic (exact) mass is 290 g/mol. The van der Waals surface area contributed by atoms with E-state index in [1.54, 1.807) is 0 Å². The Morgan fingerprint density at radius 1 is 1.33 bits per heavy atom. The van der Waals surface area contributed by atoms with E-state index in [1.807, 2.05) is 0 Å². The van der Waals surface area contributed by atoms with Gasteiger partial charge in [-0.3, -0.25) is 4.90 Å². The van der Waals surface area contributed by atoms with Gasteiger partial charge in [-0.2, -0.15) is 0 Å². The molecule has 1 fully saturated rings. The van der Waals surface area contributed by atoms with Crippen molar-refractivity contribution in [3.63, 3.8) is 0 Å². The topological polar surface area (TPSA) is 24.5 Å². The first-order valence-corrected chi connectivity index (χ1v) is 8.27. The summed E-state index contributed by atoms with van der Waals surface area (Å²) in [6.07, 6.45) is 2.63. The standard InChI is InChI=1S/C18H30N2O/c1-5-12-19-18(16-9-7-6-8-10-16)14(2)20(4)17-11-13-21-15(17)3/h6-10,14-15,17-19H,5,11-13H2,1-4H3. The van der Waals surface area contributed by atoms with Gasteiger partial charge in [0.1, 0.15) is 0 Å². The Kier molecular flexibility index (Phi) is 6.22. The van der Waals surface area contributed by atoms with E-state index in [-0.39, 0.29) is 0 Å². The predicted molar refractivity (Wildman–Crippen MR) is 88.5 cm³/mol. The molecule has 0 saturated carbocycles. The van der Waals surface area contributed by atoms with Gasteiger partial charge in [0.05, 0.1) is 6.10 Å². The van der Waals surface area contributed by atoms with Crippen LogP contribution in [0.3, 0.4) is 0 Å². The minimum absolute atomic E-state index is 0.333. The maximum absolute atomic E-state index is 5.74. The zero-order valence-corrected chi connectivity index (χ0v) is 13.9. The summed E-state index contributed by atoms with van der Waals surface area (Å²) in [5.74, 6) is 0. The van der Waals surface area contributed by atoms with Gasteiger partial charge in [0.25, 0.3) is 0 Å². The van der Waals surface area contributed by atoms with Gasteiger partial charge >= 0.3 is 0 Å². The Labute approximate surface area is 129 Å². The number of nitrogens with zero attached hydrogens (tertiary/aromatic N) is 1. The largest absolute Gasteiger partial charge is 0.377 e. The fourth-order valence-corrected chi connectivity index (χ4v) is 3.32. The van der Waals surface area contributed by atoms with Crippen molar-refractivity contribution < 1.29 is 4.74 Å². The lowest BCUT2D eigenvalue weighted by Gasteiger charge is -2.37. The molecule has 0 spiro atoms. The van der Waals surface area contributed by atoms with Crippen LogP contribution in [-0.4, -0.2) is 43.3 Å². The fraction of sp³-hybridized carbons (Fsp3) is 0.667. The van der Waals surface area contributed by atoms with Crippen molar-refractivity contribution >= 4 is 0 Å². The van der Waals surface area contributed by atoms with Gasteiger partial charge in [-0.05, 0) is 45.8 Å². The lowest BCUT2D eigenvalue weighted by Crippen LogP contribution is -2.48. The summed E-state index contributed by atoms with van der Waals surface area (Å²) in [6, 6.07) is 12.1. The summed E-state index contributed by atoms with van der Waals surface area (Å²) < 4.78 is 5.74. The number of benzene rings is 1. The molecule has 118 valence electrons. The van der Waals surface area contributed by atoms with E-state index in [0.717, 1.165) is 26.0 Å². The summed E-state index contributed by atoms with van der Waals surface area (Å²) in [5, 5.41) is 3.72. The van der Waals surface area contributed by atoms with E-state index in [0.29, 0.717) is 24.2 Å². The van der Waals surface area contributed by atoms with E-state index in [1.165, 1.54) is 5.56 Å². The van der Waals surface area contributed by atoms with Crippen LogP contribution in [0.1, 0.15) is 45.2 Å². The second-order valence-electron chi connectivity index (χ2n) is 6.18. The Hall–Kier alpha value is -0.900. The maximum Gasteiger partial charge on any atom is 0.0703 e. The molecule has 1 N–H and O–H groups in total. The van der Waals surface area contributed by atoms with E-state index in [2.05, 4.69) is 68.4 Å². The average Bonchev–Trinajstić information content (AvgIpc) is 2.94. The molecule has 1 aliphatic heterocycles. The molecule has 0 aromatic heterocycles. The molecular weight excluding hydrogens is 260 g/mol.